The molecule has 0 bridgehead atoms. The SMILES string of the molecule is COc1ccccc1CN(C(C)=O)c1ccc(F)nc1Oc1ccc(F)cc1. The van der Waals surface area contributed by atoms with Crippen molar-refractivity contribution in [3.8, 4) is 17.4 Å². The predicted molar refractivity (Wildman–Crippen MR) is 101 cm³/mol. The van der Waals surface area contributed by atoms with Crippen molar-refractivity contribution in [2.75, 3.05) is 12.0 Å². The molecule has 0 aliphatic carbocycles. The minimum atomic E-state index is -0.762. The smallest absolute Gasteiger partial charge is 0.246 e. The molecule has 0 unspecified atom stereocenters. The number of rotatable bonds is 6. The number of benzene rings is 2. The first-order valence-corrected chi connectivity index (χ1v) is 8.48. The number of ether oxygens (including phenoxy) is 2. The molecule has 0 aliphatic rings. The summed E-state index contributed by atoms with van der Waals surface area (Å²) in [7, 11) is 1.54. The molecule has 2 aromatic carbocycles. The quantitative estimate of drug-likeness (QED) is 0.578. The van der Waals surface area contributed by atoms with Gasteiger partial charge in [0, 0.05) is 12.5 Å². The Labute approximate surface area is 161 Å². The van der Waals surface area contributed by atoms with E-state index in [0.29, 0.717) is 5.75 Å². The van der Waals surface area contributed by atoms with Gasteiger partial charge in [-0.25, -0.2) is 4.39 Å². The molecule has 0 saturated carbocycles. The normalized spacial score (nSPS) is 10.4. The average molecular weight is 384 g/mol. The van der Waals surface area contributed by atoms with Gasteiger partial charge in [0.05, 0.1) is 13.7 Å². The Kier molecular flexibility index (Phi) is 5.84. The van der Waals surface area contributed by atoms with Gasteiger partial charge < -0.3 is 14.4 Å². The number of amides is 1. The topological polar surface area (TPSA) is 51.7 Å². The maximum Gasteiger partial charge on any atom is 0.246 e. The van der Waals surface area contributed by atoms with E-state index in [9.17, 15) is 13.6 Å². The highest BCUT2D eigenvalue weighted by Crippen LogP contribution is 2.33. The monoisotopic (exact) mass is 384 g/mol. The van der Waals surface area contributed by atoms with Crippen molar-refractivity contribution in [1.29, 1.82) is 0 Å². The summed E-state index contributed by atoms with van der Waals surface area (Å²) >= 11 is 0. The molecule has 144 valence electrons. The molecular weight excluding hydrogens is 366 g/mol. The Balaban J connectivity index is 1.98. The lowest BCUT2D eigenvalue weighted by Crippen LogP contribution is -2.28. The van der Waals surface area contributed by atoms with Crippen LogP contribution in [0.3, 0.4) is 0 Å². The molecule has 0 aliphatic heterocycles. The zero-order valence-electron chi connectivity index (χ0n) is 15.4. The lowest BCUT2D eigenvalue weighted by molar-refractivity contribution is -0.116. The number of carbonyl (C=O) groups is 1. The predicted octanol–water partition coefficient (Wildman–Crippen LogP) is 4.71. The summed E-state index contributed by atoms with van der Waals surface area (Å²) in [4.78, 5) is 17.5. The summed E-state index contributed by atoms with van der Waals surface area (Å²) in [5.41, 5.74) is 1.04. The van der Waals surface area contributed by atoms with Crippen molar-refractivity contribution in [3.05, 3.63) is 78.0 Å². The molecule has 3 aromatic rings. The summed E-state index contributed by atoms with van der Waals surface area (Å²) in [6.07, 6.45) is 0. The van der Waals surface area contributed by atoms with Crippen LogP contribution in [0.5, 0.6) is 17.4 Å². The van der Waals surface area contributed by atoms with Gasteiger partial charge in [-0.15, -0.1) is 0 Å². The molecule has 1 amide bonds. The summed E-state index contributed by atoms with van der Waals surface area (Å²) in [5, 5.41) is 0. The van der Waals surface area contributed by atoms with E-state index in [4.69, 9.17) is 9.47 Å². The number of nitrogens with zero attached hydrogens (tertiary/aromatic N) is 2. The van der Waals surface area contributed by atoms with Gasteiger partial charge in [-0.3, -0.25) is 4.79 Å². The van der Waals surface area contributed by atoms with Crippen LogP contribution in [0.2, 0.25) is 0 Å². The molecule has 3 rings (SSSR count). The zero-order valence-corrected chi connectivity index (χ0v) is 15.4. The Bertz CT molecular complexity index is 978. The minimum absolute atomic E-state index is 0.100. The Morgan fingerprint density at radius 2 is 1.75 bits per heavy atom. The van der Waals surface area contributed by atoms with Crippen LogP contribution in [0, 0.1) is 11.8 Å². The number of para-hydroxylation sites is 1. The van der Waals surface area contributed by atoms with Gasteiger partial charge in [0.15, 0.2) is 0 Å². The molecule has 0 saturated heterocycles. The molecule has 0 N–H and O–H groups in total. The van der Waals surface area contributed by atoms with Crippen molar-refractivity contribution in [3.63, 3.8) is 0 Å². The van der Waals surface area contributed by atoms with Crippen molar-refractivity contribution in [2.24, 2.45) is 0 Å². The standard InChI is InChI=1S/C21H18F2N2O3/c1-14(26)25(13-15-5-3-4-6-19(15)27-2)18-11-12-20(23)24-21(18)28-17-9-7-16(22)8-10-17/h3-12H,13H2,1-2H3. The van der Waals surface area contributed by atoms with E-state index in [1.165, 1.54) is 42.2 Å². The van der Waals surface area contributed by atoms with E-state index < -0.39 is 11.8 Å². The van der Waals surface area contributed by atoms with Gasteiger partial charge in [0.2, 0.25) is 17.7 Å². The van der Waals surface area contributed by atoms with Crippen molar-refractivity contribution >= 4 is 11.6 Å². The van der Waals surface area contributed by atoms with Gasteiger partial charge in [0.1, 0.15) is 23.0 Å². The summed E-state index contributed by atoms with van der Waals surface area (Å²) < 4.78 is 37.8. The first kappa shape index (κ1) is 19.3. The van der Waals surface area contributed by atoms with Crippen LogP contribution in [-0.2, 0) is 11.3 Å². The maximum absolute atomic E-state index is 13.7. The highest BCUT2D eigenvalue weighted by Gasteiger charge is 2.21. The number of hydrogen-bond donors (Lipinski definition) is 0. The van der Waals surface area contributed by atoms with Crippen LogP contribution < -0.4 is 14.4 Å². The molecule has 0 fully saturated rings. The number of pyridine rings is 1. The molecule has 0 atom stereocenters. The van der Waals surface area contributed by atoms with E-state index in [-0.39, 0.29) is 29.8 Å². The van der Waals surface area contributed by atoms with E-state index in [1.54, 1.807) is 13.2 Å². The third-order valence-corrected chi connectivity index (χ3v) is 4.03. The van der Waals surface area contributed by atoms with E-state index in [2.05, 4.69) is 4.98 Å². The second kappa shape index (κ2) is 8.47. The number of anilines is 1. The molecule has 28 heavy (non-hydrogen) atoms. The Hall–Kier alpha value is -3.48. The second-order valence-corrected chi connectivity index (χ2v) is 5.93. The van der Waals surface area contributed by atoms with Crippen molar-refractivity contribution < 1.29 is 23.0 Å². The number of halogens is 2. The number of aromatic nitrogens is 1. The zero-order chi connectivity index (χ0) is 20.1. The number of hydrogen-bond acceptors (Lipinski definition) is 4. The summed E-state index contributed by atoms with van der Waals surface area (Å²) in [5.74, 6) is -0.700. The third kappa shape index (κ3) is 4.43. The average Bonchev–Trinajstić information content (AvgIpc) is 2.68. The van der Waals surface area contributed by atoms with E-state index in [0.717, 1.165) is 11.6 Å². The van der Waals surface area contributed by atoms with Gasteiger partial charge >= 0.3 is 0 Å². The van der Waals surface area contributed by atoms with Crippen molar-refractivity contribution in [1.82, 2.24) is 4.98 Å². The first-order chi connectivity index (χ1) is 13.5. The van der Waals surface area contributed by atoms with E-state index >= 15 is 0 Å². The molecule has 5 nitrogen and oxygen atoms in total. The fourth-order valence-electron chi connectivity index (χ4n) is 2.68. The molecular formula is C21H18F2N2O3. The van der Waals surface area contributed by atoms with E-state index in [1.807, 2.05) is 18.2 Å². The Morgan fingerprint density at radius 3 is 2.43 bits per heavy atom. The molecule has 1 heterocycles. The fraction of sp³-hybridized carbons (Fsp3) is 0.143. The number of carbonyl (C=O) groups excluding carboxylic acids is 1. The summed E-state index contributed by atoms with van der Waals surface area (Å²) in [6.45, 7) is 1.56. The Morgan fingerprint density at radius 1 is 1.04 bits per heavy atom. The van der Waals surface area contributed by atoms with Gasteiger partial charge in [-0.1, -0.05) is 18.2 Å². The van der Waals surface area contributed by atoms with Crippen LogP contribution in [0.25, 0.3) is 0 Å². The van der Waals surface area contributed by atoms with Gasteiger partial charge in [0.25, 0.3) is 0 Å². The van der Waals surface area contributed by atoms with Crippen LogP contribution in [0.4, 0.5) is 14.5 Å². The van der Waals surface area contributed by atoms with Gasteiger partial charge in [-0.05, 0) is 42.5 Å². The fourth-order valence-corrected chi connectivity index (χ4v) is 2.68. The van der Waals surface area contributed by atoms with Crippen LogP contribution in [0.15, 0.2) is 60.7 Å². The highest BCUT2D eigenvalue weighted by atomic mass is 19.1. The molecule has 1 aromatic heterocycles. The largest absolute Gasteiger partial charge is 0.496 e. The second-order valence-electron chi connectivity index (χ2n) is 5.93. The molecule has 0 radical (unpaired) electrons. The highest BCUT2D eigenvalue weighted by molar-refractivity contribution is 5.92. The molecule has 0 spiro atoms. The third-order valence-electron chi connectivity index (χ3n) is 4.03. The summed E-state index contributed by atoms with van der Waals surface area (Å²) in [6, 6.07) is 15.0. The van der Waals surface area contributed by atoms with Crippen LogP contribution in [-0.4, -0.2) is 18.0 Å². The van der Waals surface area contributed by atoms with Crippen LogP contribution in [0.1, 0.15) is 12.5 Å². The lowest BCUT2D eigenvalue weighted by Gasteiger charge is -2.24. The lowest BCUT2D eigenvalue weighted by atomic mass is 10.1. The number of methoxy groups -OCH3 is 1. The van der Waals surface area contributed by atoms with Crippen LogP contribution >= 0.6 is 0 Å². The van der Waals surface area contributed by atoms with Gasteiger partial charge in [-0.2, -0.15) is 9.37 Å². The maximum atomic E-state index is 13.7. The first-order valence-electron chi connectivity index (χ1n) is 8.48. The molecule has 7 heteroatoms. The van der Waals surface area contributed by atoms with Crippen molar-refractivity contribution in [2.45, 2.75) is 13.5 Å². The minimum Gasteiger partial charge on any atom is -0.496 e.